The van der Waals surface area contributed by atoms with Gasteiger partial charge in [-0.25, -0.2) is 4.79 Å². The predicted octanol–water partition coefficient (Wildman–Crippen LogP) is 2.78. The van der Waals surface area contributed by atoms with E-state index in [0.29, 0.717) is 11.3 Å². The summed E-state index contributed by atoms with van der Waals surface area (Å²) in [6.45, 7) is 5.71. The van der Waals surface area contributed by atoms with Gasteiger partial charge in [-0.15, -0.1) is 0 Å². The molecule has 0 bridgehead atoms. The molecular formula is C31H32O14. The maximum atomic E-state index is 12.7. The maximum Gasteiger partial charge on any atom is 0.339 e. The van der Waals surface area contributed by atoms with E-state index in [1.807, 2.05) is 0 Å². The first kappa shape index (κ1) is 34.3. The molecule has 45 heavy (non-hydrogen) atoms. The van der Waals surface area contributed by atoms with Gasteiger partial charge < -0.3 is 37.9 Å². The molecule has 0 radical (unpaired) electrons. The van der Waals surface area contributed by atoms with Crippen molar-refractivity contribution in [1.29, 1.82) is 0 Å². The van der Waals surface area contributed by atoms with Crippen LogP contribution in [-0.4, -0.2) is 73.6 Å². The fourth-order valence-electron chi connectivity index (χ4n) is 4.30. The normalized spacial score (nSPS) is 20.8. The monoisotopic (exact) mass is 628 g/mol. The van der Waals surface area contributed by atoms with Crippen LogP contribution in [-0.2, 0) is 52.5 Å². The minimum Gasteiger partial charge on any atom is -0.467 e. The Bertz CT molecular complexity index is 1460. The van der Waals surface area contributed by atoms with Crippen LogP contribution in [0.2, 0.25) is 0 Å². The second kappa shape index (κ2) is 15.5. The summed E-state index contributed by atoms with van der Waals surface area (Å²) in [6.07, 6.45) is -4.55. The molecule has 14 nitrogen and oxygen atoms in total. The zero-order valence-corrected chi connectivity index (χ0v) is 25.3. The van der Waals surface area contributed by atoms with Gasteiger partial charge in [0.1, 0.15) is 17.2 Å². The van der Waals surface area contributed by atoms with Crippen LogP contribution in [0.25, 0.3) is 12.2 Å². The molecule has 0 aliphatic carbocycles. The van der Waals surface area contributed by atoms with Crippen LogP contribution < -0.4 is 14.2 Å². The van der Waals surface area contributed by atoms with Crippen molar-refractivity contribution in [2.45, 2.75) is 65.3 Å². The molecule has 0 aromatic heterocycles. The standard InChI is InChI=1S/C31H32O14/c1-16(32)39-23-11-9-21(10-12-23)7-8-22-13-24(40-17(2)33)15-25(14-22)44-31-29(43-20(5)36)27(42-19(4)35)26(41-18(3)34)28(45-31)30(37)38-6/h7-15,26-29,31H,1-6H3/b8-7+/t26-,27-,28-,29+,31+/m0/s1. The smallest absolute Gasteiger partial charge is 0.339 e. The molecule has 0 spiro atoms. The number of methoxy groups -OCH3 is 1. The van der Waals surface area contributed by atoms with Gasteiger partial charge in [0.2, 0.25) is 12.4 Å². The lowest BCUT2D eigenvalue weighted by molar-refractivity contribution is -0.282. The van der Waals surface area contributed by atoms with Crippen molar-refractivity contribution in [3.05, 3.63) is 53.6 Å². The number of benzene rings is 2. The summed E-state index contributed by atoms with van der Waals surface area (Å²) in [5, 5.41) is 0. The van der Waals surface area contributed by atoms with Gasteiger partial charge in [-0.05, 0) is 35.4 Å². The molecule has 240 valence electrons. The summed E-state index contributed by atoms with van der Waals surface area (Å²) in [4.78, 5) is 71.7. The molecule has 3 rings (SSSR count). The molecule has 1 saturated heterocycles. The summed E-state index contributed by atoms with van der Waals surface area (Å²) in [7, 11) is 1.07. The van der Waals surface area contributed by atoms with Crippen LogP contribution in [0.5, 0.6) is 17.2 Å². The van der Waals surface area contributed by atoms with E-state index in [1.165, 1.54) is 26.0 Å². The minimum absolute atomic E-state index is 0.0249. The van der Waals surface area contributed by atoms with E-state index in [4.69, 9.17) is 37.9 Å². The highest BCUT2D eigenvalue weighted by molar-refractivity contribution is 5.77. The molecule has 2 aromatic rings. The van der Waals surface area contributed by atoms with Crippen LogP contribution in [0, 0.1) is 0 Å². The average molecular weight is 629 g/mol. The van der Waals surface area contributed by atoms with Crippen molar-refractivity contribution in [1.82, 2.24) is 0 Å². The second-order valence-electron chi connectivity index (χ2n) is 9.62. The number of hydrogen-bond donors (Lipinski definition) is 0. The fraction of sp³-hybridized carbons (Fsp3) is 0.355. The Balaban J connectivity index is 2.02. The second-order valence-corrected chi connectivity index (χ2v) is 9.62. The van der Waals surface area contributed by atoms with Gasteiger partial charge in [0.15, 0.2) is 18.3 Å². The Kier molecular flexibility index (Phi) is 11.8. The first-order valence-corrected chi connectivity index (χ1v) is 13.5. The van der Waals surface area contributed by atoms with Crippen LogP contribution in [0.3, 0.4) is 0 Å². The molecule has 2 aromatic carbocycles. The minimum atomic E-state index is -1.66. The van der Waals surface area contributed by atoms with Gasteiger partial charge >= 0.3 is 35.8 Å². The van der Waals surface area contributed by atoms with E-state index in [-0.39, 0.29) is 11.5 Å². The summed E-state index contributed by atoms with van der Waals surface area (Å²) in [5.74, 6) is -4.12. The molecule has 14 heteroatoms. The predicted molar refractivity (Wildman–Crippen MR) is 152 cm³/mol. The molecule has 0 unspecified atom stereocenters. The number of rotatable bonds is 10. The Labute approximate surface area is 258 Å². The van der Waals surface area contributed by atoms with Crippen molar-refractivity contribution in [2.75, 3.05) is 7.11 Å². The number of hydrogen-bond acceptors (Lipinski definition) is 14. The Hall–Kier alpha value is -5.24. The van der Waals surface area contributed by atoms with Gasteiger partial charge in [-0.1, -0.05) is 24.3 Å². The summed E-state index contributed by atoms with van der Waals surface area (Å²) < 4.78 is 42.9. The van der Waals surface area contributed by atoms with E-state index in [9.17, 15) is 28.8 Å². The van der Waals surface area contributed by atoms with Crippen LogP contribution in [0.4, 0.5) is 0 Å². The van der Waals surface area contributed by atoms with E-state index >= 15 is 0 Å². The largest absolute Gasteiger partial charge is 0.467 e. The fourth-order valence-corrected chi connectivity index (χ4v) is 4.30. The Morgan fingerprint density at radius 1 is 0.600 bits per heavy atom. The number of esters is 6. The highest BCUT2D eigenvalue weighted by atomic mass is 16.7. The number of ether oxygens (including phenoxy) is 8. The van der Waals surface area contributed by atoms with Crippen LogP contribution in [0.15, 0.2) is 42.5 Å². The summed E-state index contributed by atoms with van der Waals surface area (Å²) >= 11 is 0. The van der Waals surface area contributed by atoms with E-state index in [2.05, 4.69) is 0 Å². The van der Waals surface area contributed by atoms with Gasteiger partial charge in [0.25, 0.3) is 0 Å². The highest BCUT2D eigenvalue weighted by Crippen LogP contribution is 2.33. The number of carbonyl (C=O) groups is 6. The third kappa shape index (κ3) is 10.2. The topological polar surface area (TPSA) is 176 Å². The van der Waals surface area contributed by atoms with Gasteiger partial charge in [0, 0.05) is 40.7 Å². The van der Waals surface area contributed by atoms with Gasteiger partial charge in [-0.3, -0.25) is 24.0 Å². The molecule has 1 fully saturated rings. The first-order valence-electron chi connectivity index (χ1n) is 13.5. The molecule has 0 saturated carbocycles. The quantitative estimate of drug-likeness (QED) is 0.162. The molecule has 5 atom stereocenters. The molecule has 0 N–H and O–H groups in total. The SMILES string of the molecule is COC(=O)[C@H]1O[C@@H](Oc2cc(/C=C/c3ccc(OC(C)=O)cc3)cc(OC(C)=O)c2)[C@H](OC(C)=O)[C@@H](OC(C)=O)[C@@H]1OC(C)=O. The van der Waals surface area contributed by atoms with E-state index in [0.717, 1.165) is 33.4 Å². The number of carbonyl (C=O) groups excluding carboxylic acids is 6. The van der Waals surface area contributed by atoms with Gasteiger partial charge in [0.05, 0.1) is 7.11 Å². The third-order valence-corrected chi connectivity index (χ3v) is 5.86. The van der Waals surface area contributed by atoms with Gasteiger partial charge in [-0.2, -0.15) is 0 Å². The zero-order valence-electron chi connectivity index (χ0n) is 25.3. The van der Waals surface area contributed by atoms with Crippen LogP contribution in [0.1, 0.15) is 45.7 Å². The van der Waals surface area contributed by atoms with Crippen molar-refractivity contribution in [2.24, 2.45) is 0 Å². The van der Waals surface area contributed by atoms with Crippen molar-refractivity contribution in [3.63, 3.8) is 0 Å². The maximum absolute atomic E-state index is 12.7. The Morgan fingerprint density at radius 2 is 1.11 bits per heavy atom. The highest BCUT2D eigenvalue weighted by Gasteiger charge is 2.55. The molecule has 1 aliphatic heterocycles. The van der Waals surface area contributed by atoms with Crippen LogP contribution >= 0.6 is 0 Å². The Morgan fingerprint density at radius 3 is 1.67 bits per heavy atom. The summed E-state index contributed by atoms with van der Waals surface area (Å²) in [5.41, 5.74) is 1.21. The molecule has 1 heterocycles. The average Bonchev–Trinajstić information content (AvgIpc) is 2.93. The van der Waals surface area contributed by atoms with Crippen molar-refractivity contribution >= 4 is 48.0 Å². The van der Waals surface area contributed by atoms with E-state index < -0.39 is 66.5 Å². The lowest BCUT2D eigenvalue weighted by Gasteiger charge is -2.43. The lowest BCUT2D eigenvalue weighted by atomic mass is 9.97. The van der Waals surface area contributed by atoms with Crippen molar-refractivity contribution < 1.29 is 66.7 Å². The molecule has 1 aliphatic rings. The third-order valence-electron chi connectivity index (χ3n) is 5.86. The van der Waals surface area contributed by atoms with Crippen molar-refractivity contribution in [3.8, 4) is 17.2 Å². The van der Waals surface area contributed by atoms with E-state index in [1.54, 1.807) is 42.5 Å². The lowest BCUT2D eigenvalue weighted by Crippen LogP contribution is -2.64. The molecular weight excluding hydrogens is 596 g/mol. The first-order chi connectivity index (χ1) is 21.2. The molecule has 0 amide bonds. The zero-order chi connectivity index (χ0) is 33.3. The summed E-state index contributed by atoms with van der Waals surface area (Å²) in [6, 6.07) is 11.1.